The number of aliphatic hydroxyl groups excluding tert-OH is 1. The van der Waals surface area contributed by atoms with Crippen molar-refractivity contribution in [1.29, 1.82) is 0 Å². The summed E-state index contributed by atoms with van der Waals surface area (Å²) in [5, 5.41) is 14.6. The molecule has 1 N–H and O–H groups in total. The molecular formula is C14H16ClN3O. The highest BCUT2D eigenvalue weighted by molar-refractivity contribution is 6.30. The zero-order valence-corrected chi connectivity index (χ0v) is 11.3. The number of halogens is 1. The van der Waals surface area contributed by atoms with E-state index >= 15 is 0 Å². The van der Waals surface area contributed by atoms with Gasteiger partial charge in [0.15, 0.2) is 5.82 Å². The Morgan fingerprint density at radius 3 is 3.11 bits per heavy atom. The molecule has 0 spiro atoms. The van der Waals surface area contributed by atoms with E-state index in [2.05, 4.69) is 10.1 Å². The van der Waals surface area contributed by atoms with E-state index in [4.69, 9.17) is 11.6 Å². The molecule has 1 aromatic heterocycles. The Balaban J connectivity index is 1.85. The lowest BCUT2D eigenvalue weighted by Gasteiger charge is -2.20. The lowest BCUT2D eigenvalue weighted by atomic mass is 10.1. The van der Waals surface area contributed by atoms with Crippen LogP contribution in [0.4, 0.5) is 0 Å². The van der Waals surface area contributed by atoms with Crippen LogP contribution in [0.15, 0.2) is 24.3 Å². The minimum atomic E-state index is 0.0874. The van der Waals surface area contributed by atoms with Crippen molar-refractivity contribution in [1.82, 2.24) is 14.8 Å². The first-order valence-electron chi connectivity index (χ1n) is 6.56. The molecule has 3 rings (SSSR count). The maximum Gasteiger partial charge on any atom is 0.155 e. The summed E-state index contributed by atoms with van der Waals surface area (Å²) in [7, 11) is 0. The first-order chi connectivity index (χ1) is 9.26. The van der Waals surface area contributed by atoms with Gasteiger partial charge in [-0.1, -0.05) is 23.7 Å². The molecule has 0 amide bonds. The first kappa shape index (κ1) is 12.6. The van der Waals surface area contributed by atoms with Crippen molar-refractivity contribution in [3.8, 4) is 0 Å². The lowest BCUT2D eigenvalue weighted by Crippen LogP contribution is -2.22. The predicted molar refractivity (Wildman–Crippen MR) is 73.3 cm³/mol. The number of rotatable bonds is 3. The van der Waals surface area contributed by atoms with Gasteiger partial charge in [-0.25, -0.2) is 9.67 Å². The SMILES string of the molecule is OCC1CCCc2nc(Cc3cccc(Cl)c3)nn21. The third-order valence-corrected chi connectivity index (χ3v) is 3.73. The van der Waals surface area contributed by atoms with Gasteiger partial charge in [-0.3, -0.25) is 0 Å². The summed E-state index contributed by atoms with van der Waals surface area (Å²) in [6, 6.07) is 7.84. The largest absolute Gasteiger partial charge is 0.394 e. The highest BCUT2D eigenvalue weighted by atomic mass is 35.5. The summed E-state index contributed by atoms with van der Waals surface area (Å²) in [4.78, 5) is 4.57. The summed E-state index contributed by atoms with van der Waals surface area (Å²) in [5.41, 5.74) is 1.11. The van der Waals surface area contributed by atoms with E-state index in [0.29, 0.717) is 6.42 Å². The molecule has 0 saturated carbocycles. The van der Waals surface area contributed by atoms with Gasteiger partial charge in [-0.15, -0.1) is 0 Å². The number of nitrogens with zero attached hydrogens (tertiary/aromatic N) is 3. The second kappa shape index (κ2) is 5.31. The van der Waals surface area contributed by atoms with Crippen molar-refractivity contribution in [3.05, 3.63) is 46.5 Å². The maximum atomic E-state index is 9.37. The summed E-state index contributed by atoms with van der Waals surface area (Å²) in [6.45, 7) is 0.132. The van der Waals surface area contributed by atoms with Crippen LogP contribution in [0, 0.1) is 0 Å². The van der Waals surface area contributed by atoms with Crippen LogP contribution in [0.3, 0.4) is 0 Å². The van der Waals surface area contributed by atoms with E-state index in [1.54, 1.807) is 0 Å². The number of hydrogen-bond donors (Lipinski definition) is 1. The number of aryl methyl sites for hydroxylation is 1. The van der Waals surface area contributed by atoms with Gasteiger partial charge in [-0.2, -0.15) is 5.10 Å². The van der Waals surface area contributed by atoms with Crippen molar-refractivity contribution in [3.63, 3.8) is 0 Å². The maximum absolute atomic E-state index is 9.37. The van der Waals surface area contributed by atoms with Gasteiger partial charge in [0.25, 0.3) is 0 Å². The van der Waals surface area contributed by atoms with Gasteiger partial charge in [0, 0.05) is 17.9 Å². The van der Waals surface area contributed by atoms with Crippen LogP contribution in [0.25, 0.3) is 0 Å². The van der Waals surface area contributed by atoms with Gasteiger partial charge in [0.05, 0.1) is 12.6 Å². The fourth-order valence-electron chi connectivity index (χ4n) is 2.56. The van der Waals surface area contributed by atoms with E-state index in [0.717, 1.165) is 41.5 Å². The topological polar surface area (TPSA) is 50.9 Å². The molecule has 0 saturated heterocycles. The molecule has 4 nitrogen and oxygen atoms in total. The molecule has 1 atom stereocenters. The predicted octanol–water partition coefficient (Wildman–Crippen LogP) is 2.39. The Morgan fingerprint density at radius 1 is 1.42 bits per heavy atom. The van der Waals surface area contributed by atoms with Crippen LogP contribution in [0.5, 0.6) is 0 Å². The molecule has 5 heteroatoms. The summed E-state index contributed by atoms with van der Waals surface area (Å²) in [6.07, 6.45) is 3.67. The zero-order valence-electron chi connectivity index (χ0n) is 10.6. The third-order valence-electron chi connectivity index (χ3n) is 3.49. The van der Waals surface area contributed by atoms with Crippen LogP contribution in [0.2, 0.25) is 5.02 Å². The zero-order chi connectivity index (χ0) is 13.2. The van der Waals surface area contributed by atoms with Crippen molar-refractivity contribution in [2.75, 3.05) is 6.61 Å². The molecule has 0 radical (unpaired) electrons. The van der Waals surface area contributed by atoms with Gasteiger partial charge in [0.2, 0.25) is 0 Å². The lowest BCUT2D eigenvalue weighted by molar-refractivity contribution is 0.195. The average Bonchev–Trinajstić information content (AvgIpc) is 2.80. The van der Waals surface area contributed by atoms with Gasteiger partial charge >= 0.3 is 0 Å². The van der Waals surface area contributed by atoms with E-state index in [1.807, 2.05) is 28.9 Å². The second-order valence-corrected chi connectivity index (χ2v) is 5.36. The molecule has 1 unspecified atom stereocenters. The number of aromatic nitrogens is 3. The van der Waals surface area contributed by atoms with Crippen LogP contribution in [-0.2, 0) is 12.8 Å². The van der Waals surface area contributed by atoms with E-state index in [-0.39, 0.29) is 12.6 Å². The normalized spacial score (nSPS) is 18.3. The summed E-state index contributed by atoms with van der Waals surface area (Å²) in [5.74, 6) is 1.79. The molecule has 2 heterocycles. The highest BCUT2D eigenvalue weighted by Gasteiger charge is 2.22. The van der Waals surface area contributed by atoms with E-state index < -0.39 is 0 Å². The Morgan fingerprint density at radius 2 is 2.32 bits per heavy atom. The smallest absolute Gasteiger partial charge is 0.155 e. The van der Waals surface area contributed by atoms with Crippen LogP contribution in [-0.4, -0.2) is 26.5 Å². The number of fused-ring (bicyclic) bond motifs is 1. The van der Waals surface area contributed by atoms with Crippen LogP contribution < -0.4 is 0 Å². The van der Waals surface area contributed by atoms with Crippen molar-refractivity contribution < 1.29 is 5.11 Å². The van der Waals surface area contributed by atoms with Gasteiger partial charge in [-0.05, 0) is 30.5 Å². The minimum absolute atomic E-state index is 0.0874. The van der Waals surface area contributed by atoms with Crippen molar-refractivity contribution >= 4 is 11.6 Å². The molecular weight excluding hydrogens is 262 g/mol. The monoisotopic (exact) mass is 277 g/mol. The summed E-state index contributed by atoms with van der Waals surface area (Å²) < 4.78 is 1.89. The Hall–Kier alpha value is -1.39. The van der Waals surface area contributed by atoms with Crippen LogP contribution >= 0.6 is 11.6 Å². The fraction of sp³-hybridized carbons (Fsp3) is 0.429. The average molecular weight is 278 g/mol. The molecule has 1 aliphatic rings. The van der Waals surface area contributed by atoms with E-state index in [9.17, 15) is 5.11 Å². The van der Waals surface area contributed by atoms with Crippen LogP contribution in [0.1, 0.15) is 36.1 Å². The molecule has 0 fully saturated rings. The Kier molecular flexibility index (Phi) is 3.53. The molecule has 0 aliphatic carbocycles. The molecule has 19 heavy (non-hydrogen) atoms. The van der Waals surface area contributed by atoms with Gasteiger partial charge < -0.3 is 5.11 Å². The molecule has 1 aliphatic heterocycles. The Bertz CT molecular complexity index is 582. The molecule has 100 valence electrons. The standard InChI is InChI=1S/C14H16ClN3O/c15-11-4-1-3-10(7-11)8-13-16-14-6-2-5-12(9-19)18(14)17-13/h1,3-4,7,12,19H,2,5-6,8-9H2. The van der Waals surface area contributed by atoms with Crippen molar-refractivity contribution in [2.24, 2.45) is 0 Å². The molecule has 1 aromatic carbocycles. The van der Waals surface area contributed by atoms with Gasteiger partial charge in [0.1, 0.15) is 5.82 Å². The Labute approximate surface area is 117 Å². The number of benzene rings is 1. The minimum Gasteiger partial charge on any atom is -0.394 e. The molecule has 0 bridgehead atoms. The van der Waals surface area contributed by atoms with Crippen molar-refractivity contribution in [2.45, 2.75) is 31.7 Å². The quantitative estimate of drug-likeness (QED) is 0.937. The number of aliphatic hydroxyl groups is 1. The second-order valence-electron chi connectivity index (χ2n) is 4.92. The summed E-state index contributed by atoms with van der Waals surface area (Å²) >= 11 is 5.98. The third kappa shape index (κ3) is 2.65. The number of hydrogen-bond acceptors (Lipinski definition) is 3. The highest BCUT2D eigenvalue weighted by Crippen LogP contribution is 2.23. The van der Waals surface area contributed by atoms with E-state index in [1.165, 1.54) is 0 Å². The molecule has 2 aromatic rings. The first-order valence-corrected chi connectivity index (χ1v) is 6.93. The fourth-order valence-corrected chi connectivity index (χ4v) is 2.77.